The maximum Gasteiger partial charge on any atom is 0.323 e. The zero-order chi connectivity index (χ0) is 31.5. The number of rotatable bonds is 16. The highest BCUT2D eigenvalue weighted by molar-refractivity contribution is 8.01. The summed E-state index contributed by atoms with van der Waals surface area (Å²) in [5, 5.41) is 20.0. The van der Waals surface area contributed by atoms with Crippen molar-refractivity contribution >= 4 is 46.7 Å². The summed E-state index contributed by atoms with van der Waals surface area (Å²) in [7, 11) is 0. The molecule has 0 fully saturated rings. The predicted molar refractivity (Wildman–Crippen MR) is 164 cm³/mol. The number of thioether (sulfide) groups is 1. The Kier molecular flexibility index (Phi) is 11.1. The second kappa shape index (κ2) is 15.2. The highest BCUT2D eigenvalue weighted by Gasteiger charge is 2.46. The summed E-state index contributed by atoms with van der Waals surface area (Å²) in [6.45, 7) is 1.38. The molecule has 44 heavy (non-hydrogen) atoms. The van der Waals surface area contributed by atoms with Gasteiger partial charge in [-0.25, -0.2) is 4.98 Å². The molecule has 3 unspecified atom stereocenters. The molecule has 0 bridgehead atoms. The van der Waals surface area contributed by atoms with Crippen LogP contribution in [0.3, 0.4) is 0 Å². The van der Waals surface area contributed by atoms with Gasteiger partial charge in [0, 0.05) is 6.42 Å². The van der Waals surface area contributed by atoms with Crippen LogP contribution in [0.1, 0.15) is 43.7 Å². The fraction of sp³-hybridized carbons (Fsp3) is 0.303. The lowest BCUT2D eigenvalue weighted by molar-refractivity contribution is -0.151. The number of hydrogen-bond acceptors (Lipinski definition) is 8. The molecule has 0 aliphatic carbocycles. The maximum atomic E-state index is 14.1. The molecule has 3 atom stereocenters. The molecule has 230 valence electrons. The number of carboxylic acid groups (broad SMARTS) is 2. The Balaban J connectivity index is 1.67. The Labute approximate surface area is 258 Å². The Morgan fingerprint density at radius 2 is 1.43 bits per heavy atom. The van der Waals surface area contributed by atoms with E-state index in [0.29, 0.717) is 16.2 Å². The lowest BCUT2D eigenvalue weighted by Crippen LogP contribution is -2.41. The van der Waals surface area contributed by atoms with Crippen molar-refractivity contribution < 1.29 is 38.9 Å². The van der Waals surface area contributed by atoms with Crippen LogP contribution in [0.5, 0.6) is 0 Å². The first-order valence-corrected chi connectivity index (χ1v) is 15.0. The average molecular weight is 619 g/mol. The van der Waals surface area contributed by atoms with E-state index in [1.165, 1.54) is 6.92 Å². The molecule has 3 aromatic carbocycles. The maximum absolute atomic E-state index is 14.1. The van der Waals surface area contributed by atoms with Crippen LogP contribution >= 0.6 is 11.8 Å². The van der Waals surface area contributed by atoms with E-state index in [1.807, 2.05) is 54.6 Å². The highest BCUT2D eigenvalue weighted by atomic mass is 32.2. The summed E-state index contributed by atoms with van der Waals surface area (Å²) < 4.78 is 9.60. The predicted octanol–water partition coefficient (Wildman–Crippen LogP) is 5.86. The zero-order valence-corrected chi connectivity index (χ0v) is 25.0. The van der Waals surface area contributed by atoms with E-state index in [1.54, 1.807) is 30.3 Å². The number of nitrogens with zero attached hydrogens (tertiary/aromatic N) is 1. The molecule has 0 amide bonds. The van der Waals surface area contributed by atoms with E-state index in [4.69, 9.17) is 9.47 Å². The van der Waals surface area contributed by atoms with Gasteiger partial charge in [-0.1, -0.05) is 91.5 Å². The Hall–Kier alpha value is -4.64. The Bertz CT molecular complexity index is 1540. The zero-order valence-electron chi connectivity index (χ0n) is 24.2. The number of fused-ring (bicyclic) bond motifs is 1. The Morgan fingerprint density at radius 1 is 0.841 bits per heavy atom. The third-order valence-electron chi connectivity index (χ3n) is 7.21. The minimum Gasteiger partial charge on any atom is -0.481 e. The number of carbonyl (C=O) groups is 4. The van der Waals surface area contributed by atoms with Gasteiger partial charge >= 0.3 is 23.9 Å². The van der Waals surface area contributed by atoms with E-state index in [2.05, 4.69) is 9.97 Å². The van der Waals surface area contributed by atoms with Gasteiger partial charge in [-0.15, -0.1) is 0 Å². The van der Waals surface area contributed by atoms with Crippen molar-refractivity contribution in [2.45, 2.75) is 55.7 Å². The number of ether oxygens (including phenoxy) is 2. The smallest absolute Gasteiger partial charge is 0.323 e. The van der Waals surface area contributed by atoms with Gasteiger partial charge in [0.2, 0.25) is 0 Å². The fourth-order valence-electron chi connectivity index (χ4n) is 4.75. The summed E-state index contributed by atoms with van der Waals surface area (Å²) in [5.41, 5.74) is 2.86. The summed E-state index contributed by atoms with van der Waals surface area (Å²) in [5.74, 6) is -5.94. The average Bonchev–Trinajstić information content (AvgIpc) is 3.44. The molecule has 0 saturated heterocycles. The van der Waals surface area contributed by atoms with Crippen molar-refractivity contribution in [3.63, 3.8) is 0 Å². The van der Waals surface area contributed by atoms with Crippen LogP contribution in [0, 0.1) is 11.8 Å². The number of aromatic nitrogens is 2. The van der Waals surface area contributed by atoms with Crippen molar-refractivity contribution in [3.05, 3.63) is 96.1 Å². The van der Waals surface area contributed by atoms with Gasteiger partial charge < -0.3 is 24.7 Å². The standard InChI is InChI=1S/C33H34N2O8S/c1-22(29(37)38)18-25(30(39)40)19-33(31(41)43-21-24-12-6-3-7-13-24,44-32-34-26-14-8-9-15-27(26)35-32)17-16-28(36)42-20-23-10-4-2-5-11-23/h2-15,22,25H,16-21H2,1H3,(H,34,35)(H,37,38)(H,39,40). The number of H-pyrrole nitrogens is 1. The van der Waals surface area contributed by atoms with E-state index in [0.717, 1.165) is 22.9 Å². The van der Waals surface area contributed by atoms with Gasteiger partial charge in [-0.05, 0) is 42.5 Å². The number of nitrogens with one attached hydrogen (secondary N) is 1. The SMILES string of the molecule is CC(CC(CC(CCC(=O)OCc1ccccc1)(Sc1nc2ccccc2[nH]1)C(=O)OCc1ccccc1)C(=O)O)C(=O)O. The minimum absolute atomic E-state index is 0.0374. The summed E-state index contributed by atoms with van der Waals surface area (Å²) in [6, 6.07) is 25.4. The molecule has 0 saturated carbocycles. The first-order valence-electron chi connectivity index (χ1n) is 14.2. The fourth-order valence-corrected chi connectivity index (χ4v) is 6.06. The third-order valence-corrected chi connectivity index (χ3v) is 8.52. The van der Waals surface area contributed by atoms with Crippen LogP contribution in [0.4, 0.5) is 0 Å². The molecule has 1 aromatic heterocycles. The van der Waals surface area contributed by atoms with Gasteiger partial charge in [0.05, 0.1) is 22.9 Å². The first-order chi connectivity index (χ1) is 21.1. The molecule has 10 nitrogen and oxygen atoms in total. The van der Waals surface area contributed by atoms with Crippen molar-refractivity contribution in [1.82, 2.24) is 9.97 Å². The lowest BCUT2D eigenvalue weighted by Gasteiger charge is -2.32. The van der Waals surface area contributed by atoms with Gasteiger partial charge in [0.15, 0.2) is 5.16 Å². The molecule has 3 N–H and O–H groups in total. The van der Waals surface area contributed by atoms with E-state index < -0.39 is 40.5 Å². The molecule has 0 radical (unpaired) electrons. The van der Waals surface area contributed by atoms with Crippen LogP contribution in [0.2, 0.25) is 0 Å². The van der Waals surface area contributed by atoms with Crippen LogP contribution in [0.15, 0.2) is 90.1 Å². The van der Waals surface area contributed by atoms with Gasteiger partial charge in [0.1, 0.15) is 18.0 Å². The third kappa shape index (κ3) is 8.93. The largest absolute Gasteiger partial charge is 0.481 e. The number of imidazole rings is 1. The molecule has 0 aliphatic heterocycles. The lowest BCUT2D eigenvalue weighted by atomic mass is 9.84. The molecular formula is C33H34N2O8S. The number of para-hydroxylation sites is 2. The molecule has 0 spiro atoms. The number of hydrogen-bond donors (Lipinski definition) is 3. The van der Waals surface area contributed by atoms with Crippen LogP contribution in [-0.4, -0.2) is 48.8 Å². The number of aromatic amines is 1. The minimum atomic E-state index is -1.63. The number of carboxylic acids is 2. The van der Waals surface area contributed by atoms with Crippen molar-refractivity contribution in [1.29, 1.82) is 0 Å². The molecule has 11 heteroatoms. The van der Waals surface area contributed by atoms with Crippen LogP contribution in [0.25, 0.3) is 11.0 Å². The summed E-state index contributed by atoms with van der Waals surface area (Å²) in [4.78, 5) is 58.9. The number of benzene rings is 3. The van der Waals surface area contributed by atoms with E-state index in [9.17, 15) is 29.4 Å². The van der Waals surface area contributed by atoms with Crippen molar-refractivity contribution in [3.8, 4) is 0 Å². The second-order valence-corrected chi connectivity index (χ2v) is 12.0. The van der Waals surface area contributed by atoms with Crippen molar-refractivity contribution in [2.24, 2.45) is 11.8 Å². The van der Waals surface area contributed by atoms with Gasteiger partial charge in [-0.2, -0.15) is 0 Å². The molecule has 4 aromatic rings. The van der Waals surface area contributed by atoms with Crippen molar-refractivity contribution in [2.75, 3.05) is 0 Å². The Morgan fingerprint density at radius 3 is 2.02 bits per heavy atom. The quantitative estimate of drug-likeness (QED) is 0.103. The van der Waals surface area contributed by atoms with Gasteiger partial charge in [0.25, 0.3) is 0 Å². The van der Waals surface area contributed by atoms with Crippen LogP contribution in [-0.2, 0) is 41.9 Å². The van der Waals surface area contributed by atoms with Gasteiger partial charge in [-0.3, -0.25) is 19.2 Å². The molecule has 4 rings (SSSR count). The van der Waals surface area contributed by atoms with E-state index in [-0.39, 0.29) is 38.9 Å². The summed E-state index contributed by atoms with van der Waals surface area (Å²) in [6.07, 6.45) is -0.888. The second-order valence-electron chi connectivity index (χ2n) is 10.6. The topological polar surface area (TPSA) is 156 Å². The number of esters is 2. The van der Waals surface area contributed by atoms with E-state index >= 15 is 0 Å². The molecule has 0 aliphatic rings. The molecule has 1 heterocycles. The number of carbonyl (C=O) groups excluding carboxylic acids is 2. The van der Waals surface area contributed by atoms with Crippen LogP contribution < -0.4 is 0 Å². The monoisotopic (exact) mass is 618 g/mol. The highest BCUT2D eigenvalue weighted by Crippen LogP contribution is 2.43. The first kappa shape index (κ1) is 32.3. The summed E-state index contributed by atoms with van der Waals surface area (Å²) >= 11 is 0.983. The number of aliphatic carboxylic acids is 2. The normalized spacial score (nSPS) is 13.8. The molecular weight excluding hydrogens is 584 g/mol.